The van der Waals surface area contributed by atoms with E-state index >= 15 is 0 Å². The first kappa shape index (κ1) is 12.1. The molecule has 0 unspecified atom stereocenters. The summed E-state index contributed by atoms with van der Waals surface area (Å²) in [6.07, 6.45) is 0. The normalized spacial score (nSPS) is 10.6. The molecule has 2 aromatic rings. The maximum absolute atomic E-state index is 5.43. The van der Waals surface area contributed by atoms with E-state index < -0.39 is 0 Å². The molecule has 1 heterocycles. The van der Waals surface area contributed by atoms with E-state index in [-0.39, 0.29) is 6.54 Å². The molecule has 6 heteroatoms. The third-order valence-electron chi connectivity index (χ3n) is 2.38. The highest BCUT2D eigenvalue weighted by atomic mass is 79.9. The Balaban J connectivity index is 2.55. The molecule has 0 saturated heterocycles. The zero-order chi connectivity index (χ0) is 12.4. The van der Waals surface area contributed by atoms with Gasteiger partial charge in [-0.3, -0.25) is 0 Å². The number of hydrogen-bond donors (Lipinski definition) is 1. The zero-order valence-corrected chi connectivity index (χ0v) is 11.1. The summed E-state index contributed by atoms with van der Waals surface area (Å²) in [5, 5.41) is 3.87. The summed E-state index contributed by atoms with van der Waals surface area (Å²) in [5.74, 6) is 1.57. The van der Waals surface area contributed by atoms with Crippen molar-refractivity contribution in [3.8, 4) is 17.1 Å². The summed E-state index contributed by atoms with van der Waals surface area (Å²) in [6.45, 7) is 2.21. The van der Waals surface area contributed by atoms with Gasteiger partial charge in [0.15, 0.2) is 0 Å². The molecule has 5 nitrogen and oxygen atoms in total. The van der Waals surface area contributed by atoms with Crippen LogP contribution in [0, 0.1) is 6.92 Å². The zero-order valence-electron chi connectivity index (χ0n) is 9.53. The van der Waals surface area contributed by atoms with Gasteiger partial charge in [0.25, 0.3) is 0 Å². The highest BCUT2D eigenvalue weighted by Crippen LogP contribution is 2.37. The van der Waals surface area contributed by atoms with Crippen molar-refractivity contribution in [2.75, 3.05) is 7.11 Å². The van der Waals surface area contributed by atoms with E-state index in [1.165, 1.54) is 0 Å². The molecule has 2 N–H and O–H groups in total. The lowest BCUT2D eigenvalue weighted by Crippen LogP contribution is -1.96. The Morgan fingerprint density at radius 1 is 1.47 bits per heavy atom. The summed E-state index contributed by atoms with van der Waals surface area (Å²) in [6, 6.07) is 3.85. The number of nitrogens with two attached hydrogens (primary N) is 1. The highest BCUT2D eigenvalue weighted by molar-refractivity contribution is 9.10. The minimum atomic E-state index is 0.225. The second kappa shape index (κ2) is 4.85. The van der Waals surface area contributed by atoms with Crippen LogP contribution >= 0.6 is 15.9 Å². The van der Waals surface area contributed by atoms with E-state index in [9.17, 15) is 0 Å². The molecule has 0 radical (unpaired) electrons. The molecular formula is C11H12BrN3O2. The standard InChI is InChI=1S/C11H12BrN3O2/c1-6-3-4-7(10(16-2)9(6)12)11-14-8(5-13)17-15-11/h3-4H,5,13H2,1-2H3. The molecule has 0 saturated carbocycles. The molecule has 17 heavy (non-hydrogen) atoms. The summed E-state index contributed by atoms with van der Waals surface area (Å²) >= 11 is 3.48. The molecular weight excluding hydrogens is 286 g/mol. The van der Waals surface area contributed by atoms with Gasteiger partial charge in [0.2, 0.25) is 11.7 Å². The number of aryl methyl sites for hydroxylation is 1. The SMILES string of the molecule is COc1c(-c2noc(CN)n2)ccc(C)c1Br. The monoisotopic (exact) mass is 297 g/mol. The average molecular weight is 298 g/mol. The molecule has 0 bridgehead atoms. The second-order valence-corrected chi connectivity index (χ2v) is 4.29. The van der Waals surface area contributed by atoms with E-state index in [4.69, 9.17) is 15.0 Å². The van der Waals surface area contributed by atoms with E-state index in [1.807, 2.05) is 19.1 Å². The molecule has 1 aromatic heterocycles. The van der Waals surface area contributed by atoms with Gasteiger partial charge in [-0.2, -0.15) is 4.98 Å². The van der Waals surface area contributed by atoms with Crippen molar-refractivity contribution < 1.29 is 9.26 Å². The summed E-state index contributed by atoms with van der Waals surface area (Å²) in [4.78, 5) is 4.17. The molecule has 0 spiro atoms. The first-order valence-electron chi connectivity index (χ1n) is 5.03. The van der Waals surface area contributed by atoms with Crippen LogP contribution in [0.5, 0.6) is 5.75 Å². The van der Waals surface area contributed by atoms with Crippen LogP contribution in [0.25, 0.3) is 11.4 Å². The predicted octanol–water partition coefficient (Wildman–Crippen LogP) is 2.27. The number of aromatic nitrogens is 2. The van der Waals surface area contributed by atoms with Crippen LogP contribution in [-0.4, -0.2) is 17.3 Å². The van der Waals surface area contributed by atoms with Crippen molar-refractivity contribution in [2.24, 2.45) is 5.73 Å². The fourth-order valence-electron chi connectivity index (χ4n) is 1.48. The molecule has 0 aliphatic carbocycles. The molecule has 0 aliphatic heterocycles. The van der Waals surface area contributed by atoms with E-state index in [1.54, 1.807) is 7.11 Å². The first-order valence-corrected chi connectivity index (χ1v) is 5.82. The minimum absolute atomic E-state index is 0.225. The smallest absolute Gasteiger partial charge is 0.240 e. The van der Waals surface area contributed by atoms with Crippen molar-refractivity contribution >= 4 is 15.9 Å². The maximum Gasteiger partial charge on any atom is 0.240 e. The number of hydrogen-bond acceptors (Lipinski definition) is 5. The van der Waals surface area contributed by atoms with Crippen molar-refractivity contribution in [2.45, 2.75) is 13.5 Å². The fourth-order valence-corrected chi connectivity index (χ4v) is 1.98. The molecule has 90 valence electrons. The summed E-state index contributed by atoms with van der Waals surface area (Å²) in [7, 11) is 1.60. The topological polar surface area (TPSA) is 74.2 Å². The second-order valence-electron chi connectivity index (χ2n) is 3.49. The van der Waals surface area contributed by atoms with Gasteiger partial charge in [-0.25, -0.2) is 0 Å². The highest BCUT2D eigenvalue weighted by Gasteiger charge is 2.16. The number of benzene rings is 1. The van der Waals surface area contributed by atoms with Crippen LogP contribution < -0.4 is 10.5 Å². The Kier molecular flexibility index (Phi) is 3.44. The van der Waals surface area contributed by atoms with Crippen molar-refractivity contribution in [3.05, 3.63) is 28.1 Å². The minimum Gasteiger partial charge on any atom is -0.495 e. The Labute approximate surface area is 107 Å². The Hall–Kier alpha value is -1.40. The van der Waals surface area contributed by atoms with Crippen molar-refractivity contribution in [1.82, 2.24) is 10.1 Å². The quantitative estimate of drug-likeness (QED) is 0.941. The van der Waals surface area contributed by atoms with Crippen LogP contribution in [0.1, 0.15) is 11.5 Å². The van der Waals surface area contributed by atoms with Crippen LogP contribution in [0.2, 0.25) is 0 Å². The molecule has 0 aliphatic rings. The van der Waals surface area contributed by atoms with Gasteiger partial charge in [-0.05, 0) is 34.5 Å². The third-order valence-corrected chi connectivity index (χ3v) is 3.36. The van der Waals surface area contributed by atoms with Gasteiger partial charge >= 0.3 is 0 Å². The third kappa shape index (κ3) is 2.18. The lowest BCUT2D eigenvalue weighted by atomic mass is 10.1. The first-order chi connectivity index (χ1) is 8.17. The average Bonchev–Trinajstić information content (AvgIpc) is 2.81. The molecule has 1 aromatic carbocycles. The number of rotatable bonds is 3. The Morgan fingerprint density at radius 3 is 2.82 bits per heavy atom. The van der Waals surface area contributed by atoms with Gasteiger partial charge < -0.3 is 15.0 Å². The van der Waals surface area contributed by atoms with Gasteiger partial charge in [0.1, 0.15) is 5.75 Å². The number of ether oxygens (including phenoxy) is 1. The lowest BCUT2D eigenvalue weighted by Gasteiger charge is -2.09. The fraction of sp³-hybridized carbons (Fsp3) is 0.273. The molecule has 2 rings (SSSR count). The van der Waals surface area contributed by atoms with Gasteiger partial charge in [-0.15, -0.1) is 0 Å². The predicted molar refractivity (Wildman–Crippen MR) is 66.6 cm³/mol. The molecule has 0 amide bonds. The summed E-state index contributed by atoms with van der Waals surface area (Å²) < 4.78 is 11.2. The van der Waals surface area contributed by atoms with Crippen molar-refractivity contribution in [3.63, 3.8) is 0 Å². The van der Waals surface area contributed by atoms with Gasteiger partial charge in [0, 0.05) is 0 Å². The number of halogens is 1. The lowest BCUT2D eigenvalue weighted by molar-refractivity contribution is 0.379. The van der Waals surface area contributed by atoms with E-state index in [0.29, 0.717) is 17.5 Å². The van der Waals surface area contributed by atoms with Crippen molar-refractivity contribution in [1.29, 1.82) is 0 Å². The molecule has 0 atom stereocenters. The van der Waals surface area contributed by atoms with E-state index in [0.717, 1.165) is 15.6 Å². The van der Waals surface area contributed by atoms with Crippen LogP contribution in [0.15, 0.2) is 21.1 Å². The maximum atomic E-state index is 5.43. The largest absolute Gasteiger partial charge is 0.495 e. The molecule has 0 fully saturated rings. The number of nitrogens with zero attached hydrogens (tertiary/aromatic N) is 2. The Morgan fingerprint density at radius 2 is 2.24 bits per heavy atom. The van der Waals surface area contributed by atoms with Crippen LogP contribution in [-0.2, 0) is 6.54 Å². The van der Waals surface area contributed by atoms with Crippen LogP contribution in [0.4, 0.5) is 0 Å². The van der Waals surface area contributed by atoms with Gasteiger partial charge in [0.05, 0.1) is 23.7 Å². The Bertz CT molecular complexity index is 540. The van der Waals surface area contributed by atoms with E-state index in [2.05, 4.69) is 26.1 Å². The summed E-state index contributed by atoms with van der Waals surface area (Å²) in [5.41, 5.74) is 7.28. The number of methoxy groups -OCH3 is 1. The van der Waals surface area contributed by atoms with Gasteiger partial charge in [-0.1, -0.05) is 11.2 Å². The van der Waals surface area contributed by atoms with Crippen LogP contribution in [0.3, 0.4) is 0 Å².